The first-order valence-electron chi connectivity index (χ1n) is 9.93. The second kappa shape index (κ2) is 7.17. The SMILES string of the molecule is C[C@]1(C2CC2)NC(=O)N(CC(=O)N2CCN(c3cccc(C(F)(F)F)c3)CC2)C1=O. The van der Waals surface area contributed by atoms with Crippen molar-refractivity contribution in [1.82, 2.24) is 15.1 Å². The van der Waals surface area contributed by atoms with E-state index in [4.69, 9.17) is 0 Å². The molecule has 0 radical (unpaired) electrons. The van der Waals surface area contributed by atoms with Crippen molar-refractivity contribution >= 4 is 23.5 Å². The van der Waals surface area contributed by atoms with E-state index in [1.54, 1.807) is 17.9 Å². The normalized spacial score (nSPS) is 25.0. The molecule has 4 rings (SSSR count). The van der Waals surface area contributed by atoms with Crippen molar-refractivity contribution in [2.24, 2.45) is 5.92 Å². The minimum Gasteiger partial charge on any atom is -0.368 e. The third-order valence-electron chi connectivity index (χ3n) is 6.16. The second-order valence-corrected chi connectivity index (χ2v) is 8.21. The van der Waals surface area contributed by atoms with Gasteiger partial charge in [-0.1, -0.05) is 6.07 Å². The molecule has 2 heterocycles. The summed E-state index contributed by atoms with van der Waals surface area (Å²) in [7, 11) is 0. The van der Waals surface area contributed by atoms with Crippen LogP contribution in [0.15, 0.2) is 24.3 Å². The average molecular weight is 424 g/mol. The van der Waals surface area contributed by atoms with Crippen molar-refractivity contribution in [2.75, 3.05) is 37.6 Å². The van der Waals surface area contributed by atoms with E-state index in [1.165, 1.54) is 11.0 Å². The summed E-state index contributed by atoms with van der Waals surface area (Å²) in [5.74, 6) is -0.599. The van der Waals surface area contributed by atoms with Crippen LogP contribution in [0.25, 0.3) is 0 Å². The number of piperazine rings is 1. The molecule has 2 aliphatic heterocycles. The summed E-state index contributed by atoms with van der Waals surface area (Å²) in [6.45, 7) is 2.72. The number of benzene rings is 1. The number of nitrogens with one attached hydrogen (secondary N) is 1. The van der Waals surface area contributed by atoms with Crippen molar-refractivity contribution < 1.29 is 27.6 Å². The van der Waals surface area contributed by atoms with Crippen LogP contribution < -0.4 is 10.2 Å². The first kappa shape index (κ1) is 20.5. The molecule has 1 saturated carbocycles. The molecule has 3 aliphatic rings. The van der Waals surface area contributed by atoms with Gasteiger partial charge in [0.05, 0.1) is 5.56 Å². The summed E-state index contributed by atoms with van der Waals surface area (Å²) in [6, 6.07) is 4.55. The number of amides is 4. The average Bonchev–Trinajstić information content (AvgIpc) is 3.53. The molecule has 1 N–H and O–H groups in total. The highest BCUT2D eigenvalue weighted by Crippen LogP contribution is 2.42. The van der Waals surface area contributed by atoms with Gasteiger partial charge in [0.2, 0.25) is 5.91 Å². The molecular weight excluding hydrogens is 401 g/mol. The van der Waals surface area contributed by atoms with Crippen LogP contribution in [0.5, 0.6) is 0 Å². The maximum Gasteiger partial charge on any atom is 0.416 e. The first-order valence-corrected chi connectivity index (χ1v) is 9.93. The standard InChI is InChI=1S/C20H23F3N4O3/c1-19(13-5-6-13)17(29)27(18(30)24-19)12-16(28)26-9-7-25(8-10-26)15-4-2-3-14(11-15)20(21,22)23/h2-4,11,13H,5-10,12H2,1H3,(H,24,30)/t19-/m1/s1. The molecule has 30 heavy (non-hydrogen) atoms. The van der Waals surface area contributed by atoms with Gasteiger partial charge in [-0.15, -0.1) is 0 Å². The molecule has 7 nitrogen and oxygen atoms in total. The number of alkyl halides is 3. The van der Waals surface area contributed by atoms with Crippen molar-refractivity contribution in [2.45, 2.75) is 31.5 Å². The van der Waals surface area contributed by atoms with E-state index < -0.39 is 23.3 Å². The fraction of sp³-hybridized carbons (Fsp3) is 0.550. The summed E-state index contributed by atoms with van der Waals surface area (Å²) in [4.78, 5) is 41.8. The summed E-state index contributed by atoms with van der Waals surface area (Å²) < 4.78 is 38.8. The summed E-state index contributed by atoms with van der Waals surface area (Å²) in [5.41, 5.74) is -1.19. The van der Waals surface area contributed by atoms with Gasteiger partial charge in [0.25, 0.3) is 5.91 Å². The molecule has 0 aromatic heterocycles. The van der Waals surface area contributed by atoms with Crippen molar-refractivity contribution in [3.63, 3.8) is 0 Å². The Morgan fingerprint density at radius 3 is 2.43 bits per heavy atom. The van der Waals surface area contributed by atoms with Crippen LogP contribution in [0.2, 0.25) is 0 Å². The van der Waals surface area contributed by atoms with Gasteiger partial charge < -0.3 is 15.1 Å². The van der Waals surface area contributed by atoms with Gasteiger partial charge >= 0.3 is 12.2 Å². The highest BCUT2D eigenvalue weighted by atomic mass is 19.4. The molecule has 0 unspecified atom stereocenters. The lowest BCUT2D eigenvalue weighted by molar-refractivity contribution is -0.139. The molecule has 1 aromatic rings. The smallest absolute Gasteiger partial charge is 0.368 e. The monoisotopic (exact) mass is 424 g/mol. The van der Waals surface area contributed by atoms with Crippen LogP contribution in [0, 0.1) is 5.92 Å². The number of halogens is 3. The molecule has 0 spiro atoms. The van der Waals surface area contributed by atoms with Gasteiger partial charge in [-0.2, -0.15) is 13.2 Å². The summed E-state index contributed by atoms with van der Waals surface area (Å²) in [5, 5.41) is 2.71. The fourth-order valence-electron chi connectivity index (χ4n) is 4.12. The molecule has 4 amide bonds. The molecule has 0 bridgehead atoms. The lowest BCUT2D eigenvalue weighted by atomic mass is 9.96. The number of urea groups is 1. The molecule has 1 aliphatic carbocycles. The third-order valence-corrected chi connectivity index (χ3v) is 6.16. The van der Waals surface area contributed by atoms with Crippen molar-refractivity contribution in [1.29, 1.82) is 0 Å². The molecule has 2 saturated heterocycles. The zero-order chi connectivity index (χ0) is 21.7. The van der Waals surface area contributed by atoms with E-state index in [1.807, 2.05) is 0 Å². The maximum atomic E-state index is 12.9. The van der Waals surface area contributed by atoms with Crippen LogP contribution in [0.3, 0.4) is 0 Å². The zero-order valence-corrected chi connectivity index (χ0v) is 16.5. The van der Waals surface area contributed by atoms with Crippen LogP contribution in [0.4, 0.5) is 23.7 Å². The van der Waals surface area contributed by atoms with Gasteiger partial charge in [0.1, 0.15) is 12.1 Å². The molecular formula is C20H23F3N4O3. The Balaban J connectivity index is 1.35. The number of hydrogen-bond acceptors (Lipinski definition) is 4. The lowest BCUT2D eigenvalue weighted by Crippen LogP contribution is -2.52. The second-order valence-electron chi connectivity index (χ2n) is 8.21. The zero-order valence-electron chi connectivity index (χ0n) is 16.5. The maximum absolute atomic E-state index is 12.9. The third kappa shape index (κ3) is 3.70. The van der Waals surface area contributed by atoms with E-state index in [-0.39, 0.29) is 24.3 Å². The number of hydrogen-bond donors (Lipinski definition) is 1. The Morgan fingerprint density at radius 1 is 1.17 bits per heavy atom. The Bertz CT molecular complexity index is 878. The molecule has 162 valence electrons. The predicted octanol–water partition coefficient (Wildman–Crippen LogP) is 2.07. The van der Waals surface area contributed by atoms with Crippen LogP contribution in [0.1, 0.15) is 25.3 Å². The highest BCUT2D eigenvalue weighted by Gasteiger charge is 2.56. The highest BCUT2D eigenvalue weighted by molar-refractivity contribution is 6.09. The number of carbonyl (C=O) groups is 3. The Kier molecular flexibility index (Phi) is 4.90. The van der Waals surface area contributed by atoms with Crippen LogP contribution in [-0.2, 0) is 15.8 Å². The number of anilines is 1. The van der Waals surface area contributed by atoms with E-state index >= 15 is 0 Å². The largest absolute Gasteiger partial charge is 0.416 e. The quantitative estimate of drug-likeness (QED) is 0.752. The Hall–Kier alpha value is -2.78. The molecule has 10 heteroatoms. The first-order chi connectivity index (χ1) is 14.1. The number of imide groups is 1. The minimum absolute atomic E-state index is 0.116. The van der Waals surface area contributed by atoms with E-state index in [0.29, 0.717) is 31.9 Å². The predicted molar refractivity (Wildman–Crippen MR) is 102 cm³/mol. The van der Waals surface area contributed by atoms with Crippen LogP contribution >= 0.6 is 0 Å². The molecule has 3 fully saturated rings. The Morgan fingerprint density at radius 2 is 1.83 bits per heavy atom. The Labute approximate surface area is 171 Å². The van der Waals surface area contributed by atoms with Gasteiger partial charge in [0, 0.05) is 31.9 Å². The van der Waals surface area contributed by atoms with Gasteiger partial charge in [-0.05, 0) is 43.9 Å². The van der Waals surface area contributed by atoms with Crippen molar-refractivity contribution in [3.8, 4) is 0 Å². The van der Waals surface area contributed by atoms with Crippen molar-refractivity contribution in [3.05, 3.63) is 29.8 Å². The van der Waals surface area contributed by atoms with Crippen LogP contribution in [-0.4, -0.2) is 65.9 Å². The van der Waals surface area contributed by atoms with E-state index in [2.05, 4.69) is 5.32 Å². The van der Waals surface area contributed by atoms with E-state index in [0.717, 1.165) is 29.9 Å². The minimum atomic E-state index is -4.41. The fourth-order valence-corrected chi connectivity index (χ4v) is 4.12. The van der Waals surface area contributed by atoms with Gasteiger partial charge in [-0.3, -0.25) is 14.5 Å². The van der Waals surface area contributed by atoms with Gasteiger partial charge in [0.15, 0.2) is 0 Å². The summed E-state index contributed by atoms with van der Waals surface area (Å²) >= 11 is 0. The summed E-state index contributed by atoms with van der Waals surface area (Å²) in [6.07, 6.45) is -2.66. The van der Waals surface area contributed by atoms with Gasteiger partial charge in [-0.25, -0.2) is 4.79 Å². The number of carbonyl (C=O) groups excluding carboxylic acids is 3. The lowest BCUT2D eigenvalue weighted by Gasteiger charge is -2.36. The molecule has 1 aromatic carbocycles. The number of rotatable bonds is 4. The topological polar surface area (TPSA) is 73.0 Å². The van der Waals surface area contributed by atoms with E-state index in [9.17, 15) is 27.6 Å². The number of nitrogens with zero attached hydrogens (tertiary/aromatic N) is 3. The molecule has 1 atom stereocenters.